The van der Waals surface area contributed by atoms with Crippen LogP contribution >= 0.6 is 0 Å². The van der Waals surface area contributed by atoms with E-state index in [0.29, 0.717) is 36.9 Å². The number of halogens is 3. The number of aliphatic hydroxyl groups excluding tert-OH is 1. The lowest BCUT2D eigenvalue weighted by atomic mass is 9.58. The highest BCUT2D eigenvalue weighted by molar-refractivity contribution is 5.59. The number of aryl methyl sites for hydroxylation is 1. The summed E-state index contributed by atoms with van der Waals surface area (Å²) < 4.78 is 50.5. The maximum absolute atomic E-state index is 14.3. The van der Waals surface area contributed by atoms with Gasteiger partial charge in [-0.1, -0.05) is 19.1 Å². The molecule has 0 bridgehead atoms. The van der Waals surface area contributed by atoms with E-state index < -0.39 is 18.0 Å². The Labute approximate surface area is 237 Å². The average Bonchev–Trinajstić information content (AvgIpc) is 3.49. The zero-order chi connectivity index (χ0) is 28.9. The van der Waals surface area contributed by atoms with E-state index in [1.165, 1.54) is 6.07 Å². The lowest BCUT2D eigenvalue weighted by Gasteiger charge is -2.46. The number of hydrogen-bond acceptors (Lipinski definition) is 7. The summed E-state index contributed by atoms with van der Waals surface area (Å²) in [6.07, 6.45) is -2.34. The van der Waals surface area contributed by atoms with Crippen LogP contribution in [0.2, 0.25) is 0 Å². The van der Waals surface area contributed by atoms with Crippen molar-refractivity contribution in [2.75, 3.05) is 24.6 Å². The lowest BCUT2D eigenvalue weighted by molar-refractivity contribution is -0.138. The molecule has 8 nitrogen and oxygen atoms in total. The first kappa shape index (κ1) is 27.7. The van der Waals surface area contributed by atoms with E-state index >= 15 is 0 Å². The van der Waals surface area contributed by atoms with Crippen LogP contribution in [0, 0.1) is 17.2 Å². The predicted octanol–water partition coefficient (Wildman–Crippen LogP) is 4.68. The number of nitrogens with zero attached hydrogens (tertiary/aromatic N) is 6. The molecule has 1 unspecified atom stereocenters. The fraction of sp³-hybridized carbons (Fsp3) is 0.500. The minimum Gasteiger partial charge on any atom is -0.374 e. The maximum atomic E-state index is 14.3. The van der Waals surface area contributed by atoms with Crippen LogP contribution in [0.15, 0.2) is 42.7 Å². The van der Waals surface area contributed by atoms with E-state index in [1.807, 2.05) is 40.8 Å². The molecule has 11 heteroatoms. The van der Waals surface area contributed by atoms with Crippen molar-refractivity contribution in [3.05, 3.63) is 76.4 Å². The van der Waals surface area contributed by atoms with E-state index in [2.05, 4.69) is 23.2 Å². The number of aliphatic hydroxyl groups is 1. The largest absolute Gasteiger partial charge is 0.416 e. The molecule has 6 rings (SSSR count). The number of morpholine rings is 1. The molecule has 1 aliphatic carbocycles. The van der Waals surface area contributed by atoms with Gasteiger partial charge in [0.05, 0.1) is 36.2 Å². The van der Waals surface area contributed by atoms with Gasteiger partial charge < -0.3 is 19.3 Å². The number of benzene rings is 2. The molecule has 216 valence electrons. The summed E-state index contributed by atoms with van der Waals surface area (Å²) in [5.74, 6) is 1.37. The topological polar surface area (TPSA) is 90.4 Å². The molecule has 1 N–H and O–H groups in total. The summed E-state index contributed by atoms with van der Waals surface area (Å²) in [5, 5.41) is 28.9. The van der Waals surface area contributed by atoms with Crippen LogP contribution in [-0.2, 0) is 36.5 Å². The summed E-state index contributed by atoms with van der Waals surface area (Å²) in [6, 6.07) is 12.7. The van der Waals surface area contributed by atoms with Crippen LogP contribution in [0.4, 0.5) is 18.9 Å². The van der Waals surface area contributed by atoms with Gasteiger partial charge in [-0.15, -0.1) is 10.2 Å². The molecule has 3 aromatic rings. The van der Waals surface area contributed by atoms with E-state index in [-0.39, 0.29) is 42.2 Å². The minimum atomic E-state index is -4.57. The highest BCUT2D eigenvalue weighted by atomic mass is 19.4. The quantitative estimate of drug-likeness (QED) is 0.464. The first-order chi connectivity index (χ1) is 19.6. The van der Waals surface area contributed by atoms with Crippen molar-refractivity contribution in [1.29, 1.82) is 5.26 Å². The van der Waals surface area contributed by atoms with E-state index in [0.717, 1.165) is 24.2 Å². The highest BCUT2D eigenvalue weighted by Gasteiger charge is 2.48. The third-order valence-corrected chi connectivity index (χ3v) is 8.76. The zero-order valence-corrected chi connectivity index (χ0v) is 23.1. The van der Waals surface area contributed by atoms with Crippen molar-refractivity contribution in [2.24, 2.45) is 13.0 Å². The maximum Gasteiger partial charge on any atom is 0.416 e. The number of rotatable bonds is 6. The second kappa shape index (κ2) is 10.4. The van der Waals surface area contributed by atoms with Crippen molar-refractivity contribution >= 4 is 5.69 Å². The van der Waals surface area contributed by atoms with Gasteiger partial charge in [-0.2, -0.15) is 18.4 Å². The molecular formula is C30H33F3N6O2. The number of hydrogen-bond donors (Lipinski definition) is 1. The Morgan fingerprint density at radius 2 is 2.02 bits per heavy atom. The van der Waals surface area contributed by atoms with E-state index in [4.69, 9.17) is 10.00 Å². The third-order valence-electron chi connectivity index (χ3n) is 8.76. The Bertz CT molecular complexity index is 1480. The fourth-order valence-corrected chi connectivity index (χ4v) is 6.95. The summed E-state index contributed by atoms with van der Waals surface area (Å²) in [6.45, 7) is 3.88. The molecule has 1 aromatic heterocycles. The molecular weight excluding hydrogens is 533 g/mol. The van der Waals surface area contributed by atoms with Gasteiger partial charge >= 0.3 is 6.18 Å². The Morgan fingerprint density at radius 3 is 2.71 bits per heavy atom. The summed E-state index contributed by atoms with van der Waals surface area (Å²) in [5.41, 5.74) is 1.49. The number of ether oxygens (including phenoxy) is 1. The van der Waals surface area contributed by atoms with Gasteiger partial charge in [-0.3, -0.25) is 4.90 Å². The SMILES string of the molecule is CC1CC(c2cccc(N3Cc4c(cc(CN5CCO[C@H](CC#N)C5)cc4C(F)(F)F)C3O)c2)(c2nncn2C)C1. The van der Waals surface area contributed by atoms with Gasteiger partial charge in [0.1, 0.15) is 12.2 Å². The highest BCUT2D eigenvalue weighted by Crippen LogP contribution is 2.52. The number of fused-ring (bicyclic) bond motifs is 1. The fourth-order valence-electron chi connectivity index (χ4n) is 6.95. The zero-order valence-electron chi connectivity index (χ0n) is 23.1. The summed E-state index contributed by atoms with van der Waals surface area (Å²) in [4.78, 5) is 3.64. The van der Waals surface area contributed by atoms with Crippen molar-refractivity contribution in [2.45, 2.75) is 63.2 Å². The van der Waals surface area contributed by atoms with Gasteiger partial charge in [-0.05, 0) is 59.7 Å². The summed E-state index contributed by atoms with van der Waals surface area (Å²) in [7, 11) is 1.92. The van der Waals surface area contributed by atoms with Crippen molar-refractivity contribution in [3.8, 4) is 6.07 Å². The van der Waals surface area contributed by atoms with Crippen LogP contribution in [0.25, 0.3) is 0 Å². The molecule has 0 radical (unpaired) electrons. The molecule has 2 aliphatic heterocycles. The Balaban J connectivity index is 1.31. The standard InChI is InChI=1S/C30H33F3N6O2/c1-19-13-29(14-19,28-36-35-18-37(28)2)21-4-3-5-22(12-21)39-17-25-24(27(39)40)10-20(11-26(25)30(31,32)33)15-38-8-9-41-23(16-38)6-7-34/h3-5,10-12,18-19,23,27,40H,6,8-9,13-17H2,1-2H3/t19?,23-,27?,29?/m1/s1. The molecule has 2 atom stereocenters. The number of anilines is 1. The average molecular weight is 567 g/mol. The molecule has 0 spiro atoms. The molecule has 41 heavy (non-hydrogen) atoms. The molecule has 1 saturated carbocycles. The second-order valence-corrected chi connectivity index (χ2v) is 11.7. The monoisotopic (exact) mass is 566 g/mol. The molecule has 1 saturated heterocycles. The van der Waals surface area contributed by atoms with Gasteiger partial charge in [0, 0.05) is 44.5 Å². The summed E-state index contributed by atoms with van der Waals surface area (Å²) >= 11 is 0. The molecule has 3 heterocycles. The lowest BCUT2D eigenvalue weighted by Crippen LogP contribution is -2.43. The predicted molar refractivity (Wildman–Crippen MR) is 144 cm³/mol. The van der Waals surface area contributed by atoms with Crippen LogP contribution in [0.5, 0.6) is 0 Å². The first-order valence-electron chi connectivity index (χ1n) is 13.9. The first-order valence-corrected chi connectivity index (χ1v) is 13.9. The third kappa shape index (κ3) is 4.98. The smallest absolute Gasteiger partial charge is 0.374 e. The van der Waals surface area contributed by atoms with Crippen LogP contribution < -0.4 is 4.90 Å². The molecule has 2 fully saturated rings. The van der Waals surface area contributed by atoms with Crippen LogP contribution in [0.1, 0.15) is 66.1 Å². The Kier molecular flexibility index (Phi) is 7.04. The van der Waals surface area contributed by atoms with Crippen LogP contribution in [-0.4, -0.2) is 50.6 Å². The van der Waals surface area contributed by atoms with Gasteiger partial charge in [0.15, 0.2) is 6.23 Å². The van der Waals surface area contributed by atoms with Gasteiger partial charge in [0.25, 0.3) is 0 Å². The Hall–Kier alpha value is -3.46. The van der Waals surface area contributed by atoms with Crippen molar-refractivity contribution < 1.29 is 23.0 Å². The van der Waals surface area contributed by atoms with Crippen molar-refractivity contribution in [1.82, 2.24) is 19.7 Å². The van der Waals surface area contributed by atoms with Gasteiger partial charge in [0.2, 0.25) is 0 Å². The Morgan fingerprint density at radius 1 is 1.22 bits per heavy atom. The molecule has 3 aliphatic rings. The normalized spacial score (nSPS) is 26.5. The van der Waals surface area contributed by atoms with Crippen LogP contribution in [0.3, 0.4) is 0 Å². The molecule has 0 amide bonds. The van der Waals surface area contributed by atoms with E-state index in [1.54, 1.807) is 17.3 Å². The minimum absolute atomic E-state index is 0.0514. The number of nitriles is 1. The van der Waals surface area contributed by atoms with Gasteiger partial charge in [-0.25, -0.2) is 0 Å². The van der Waals surface area contributed by atoms with Crippen molar-refractivity contribution in [3.63, 3.8) is 0 Å². The number of aromatic nitrogens is 3. The molecule has 2 aromatic carbocycles. The van der Waals surface area contributed by atoms with E-state index in [9.17, 15) is 18.3 Å². The second-order valence-electron chi connectivity index (χ2n) is 11.7. The number of alkyl halides is 3.